The van der Waals surface area contributed by atoms with Crippen LogP contribution < -0.4 is 0 Å². The maximum absolute atomic E-state index is 5.24. The molecule has 2 nitrogen and oxygen atoms in total. The zero-order valence-corrected chi connectivity index (χ0v) is 31.9. The molecule has 2 saturated carbocycles. The number of thiophene rings is 1. The SMILES string of the molecule is c1ccc(-c2nc(-c3ccc(-c4ccc5c(c4)C4(CCCCC4)c4cc6c(cc4-5)C4(CCCCC4)c4ccccc4-6)cc3)c3sc4ccccc4c3n2)cc1. The van der Waals surface area contributed by atoms with Crippen LogP contribution in [0, 0.1) is 0 Å². The number of aromatic nitrogens is 2. The highest BCUT2D eigenvalue weighted by atomic mass is 32.1. The summed E-state index contributed by atoms with van der Waals surface area (Å²) in [7, 11) is 0. The first-order chi connectivity index (χ1) is 27.2. The second-order valence-electron chi connectivity index (χ2n) is 16.7. The summed E-state index contributed by atoms with van der Waals surface area (Å²) in [5.74, 6) is 0.774. The average molecular weight is 727 g/mol. The first-order valence-corrected chi connectivity index (χ1v) is 21.3. The fourth-order valence-corrected chi connectivity index (χ4v) is 12.5. The van der Waals surface area contributed by atoms with E-state index in [1.54, 1.807) is 33.6 Å². The zero-order valence-electron chi connectivity index (χ0n) is 31.1. The number of fused-ring (bicyclic) bond motifs is 13. The van der Waals surface area contributed by atoms with Crippen LogP contribution in [0.2, 0.25) is 0 Å². The fourth-order valence-electron chi connectivity index (χ4n) is 11.3. The molecule has 4 aliphatic carbocycles. The molecule has 0 bridgehead atoms. The highest BCUT2D eigenvalue weighted by Crippen LogP contribution is 2.62. The molecule has 6 aromatic carbocycles. The summed E-state index contributed by atoms with van der Waals surface area (Å²) in [6.07, 6.45) is 13.0. The van der Waals surface area contributed by atoms with Gasteiger partial charge in [-0.25, -0.2) is 9.97 Å². The molecule has 2 aromatic heterocycles. The van der Waals surface area contributed by atoms with E-state index in [4.69, 9.17) is 9.97 Å². The standard InChI is InChI=1S/C52H42N2S/c1-4-14-35(15-5-1)50-53-47(49-48(54-50)39-17-7-9-19-46(39)55-49)34-22-20-33(21-23-34)36-24-25-38-41-32-44-40(31-45(41)52(43(38)30-36)28-12-3-13-29-52)37-16-6-8-18-42(37)51(44)26-10-2-11-27-51/h1,4-9,14-25,30-32H,2-3,10-13,26-29H2. The van der Waals surface area contributed by atoms with Gasteiger partial charge in [0.1, 0.15) is 0 Å². The average Bonchev–Trinajstić information content (AvgIpc) is 3.85. The van der Waals surface area contributed by atoms with Crippen molar-refractivity contribution >= 4 is 31.6 Å². The molecule has 3 heteroatoms. The van der Waals surface area contributed by atoms with Crippen LogP contribution in [0.3, 0.4) is 0 Å². The number of hydrogen-bond acceptors (Lipinski definition) is 3. The van der Waals surface area contributed by atoms with Crippen molar-refractivity contribution < 1.29 is 0 Å². The van der Waals surface area contributed by atoms with Crippen molar-refractivity contribution in [3.05, 3.63) is 156 Å². The molecule has 8 aromatic rings. The molecular formula is C52H42N2S. The van der Waals surface area contributed by atoms with Gasteiger partial charge in [0.15, 0.2) is 5.82 Å². The van der Waals surface area contributed by atoms with Gasteiger partial charge in [-0.3, -0.25) is 0 Å². The number of hydrogen-bond donors (Lipinski definition) is 0. The number of rotatable bonds is 3. The normalized spacial score (nSPS) is 17.4. The van der Waals surface area contributed by atoms with Crippen LogP contribution in [0.4, 0.5) is 0 Å². The summed E-state index contributed by atoms with van der Waals surface area (Å²) in [5.41, 5.74) is 19.4. The lowest BCUT2D eigenvalue weighted by Gasteiger charge is -2.37. The Labute approximate surface area is 327 Å². The summed E-state index contributed by atoms with van der Waals surface area (Å²) in [4.78, 5) is 10.4. The smallest absolute Gasteiger partial charge is 0.160 e. The van der Waals surface area contributed by atoms with Crippen LogP contribution in [-0.2, 0) is 10.8 Å². The predicted molar refractivity (Wildman–Crippen MR) is 230 cm³/mol. The minimum atomic E-state index is 0.0900. The minimum absolute atomic E-state index is 0.0900. The lowest BCUT2D eigenvalue weighted by Crippen LogP contribution is -2.29. The van der Waals surface area contributed by atoms with Gasteiger partial charge in [0, 0.05) is 32.0 Å². The molecule has 2 spiro atoms. The van der Waals surface area contributed by atoms with Gasteiger partial charge in [-0.1, -0.05) is 148 Å². The lowest BCUT2D eigenvalue weighted by molar-refractivity contribution is 0.350. The molecule has 0 unspecified atom stereocenters. The van der Waals surface area contributed by atoms with Crippen molar-refractivity contribution in [3.8, 4) is 56.0 Å². The second kappa shape index (κ2) is 12.1. The maximum Gasteiger partial charge on any atom is 0.160 e. The third-order valence-electron chi connectivity index (χ3n) is 13.9. The van der Waals surface area contributed by atoms with E-state index in [-0.39, 0.29) is 10.8 Å². The van der Waals surface area contributed by atoms with Gasteiger partial charge in [-0.2, -0.15) is 0 Å². The summed E-state index contributed by atoms with van der Waals surface area (Å²) < 4.78 is 2.39. The fraction of sp³-hybridized carbons (Fsp3) is 0.231. The van der Waals surface area contributed by atoms with E-state index in [0.29, 0.717) is 0 Å². The van der Waals surface area contributed by atoms with Crippen molar-refractivity contribution in [1.29, 1.82) is 0 Å². The summed E-state index contributed by atoms with van der Waals surface area (Å²) in [5, 5.41) is 1.19. The van der Waals surface area contributed by atoms with Crippen LogP contribution in [0.5, 0.6) is 0 Å². The highest BCUT2D eigenvalue weighted by Gasteiger charge is 2.49. The number of benzene rings is 6. The van der Waals surface area contributed by atoms with Crippen LogP contribution in [0.25, 0.3) is 76.3 Å². The third-order valence-corrected chi connectivity index (χ3v) is 15.1. The topological polar surface area (TPSA) is 25.8 Å². The Morgan fingerprint density at radius 2 is 1.00 bits per heavy atom. The van der Waals surface area contributed by atoms with Crippen molar-refractivity contribution in [2.75, 3.05) is 0 Å². The monoisotopic (exact) mass is 726 g/mol. The van der Waals surface area contributed by atoms with E-state index in [0.717, 1.165) is 32.9 Å². The molecule has 0 saturated heterocycles. The summed E-state index contributed by atoms with van der Waals surface area (Å²) >= 11 is 1.79. The molecule has 2 fully saturated rings. The van der Waals surface area contributed by atoms with Crippen molar-refractivity contribution in [2.45, 2.75) is 75.0 Å². The molecule has 0 amide bonds. The van der Waals surface area contributed by atoms with Crippen molar-refractivity contribution in [3.63, 3.8) is 0 Å². The lowest BCUT2D eigenvalue weighted by atomic mass is 9.66. The molecule has 4 aliphatic rings. The molecule has 12 rings (SSSR count). The van der Waals surface area contributed by atoms with Crippen LogP contribution >= 0.6 is 11.3 Å². The molecule has 0 aliphatic heterocycles. The molecule has 55 heavy (non-hydrogen) atoms. The van der Waals surface area contributed by atoms with Gasteiger partial charge >= 0.3 is 0 Å². The Hall–Kier alpha value is -5.38. The van der Waals surface area contributed by atoms with E-state index >= 15 is 0 Å². The Kier molecular flexibility index (Phi) is 7.00. The van der Waals surface area contributed by atoms with E-state index in [1.807, 2.05) is 6.07 Å². The van der Waals surface area contributed by atoms with Gasteiger partial charge in [0.05, 0.1) is 15.9 Å². The Morgan fingerprint density at radius 1 is 0.418 bits per heavy atom. The van der Waals surface area contributed by atoms with Gasteiger partial charge in [0.25, 0.3) is 0 Å². The molecule has 266 valence electrons. The highest BCUT2D eigenvalue weighted by molar-refractivity contribution is 7.26. The van der Waals surface area contributed by atoms with Crippen molar-refractivity contribution in [2.24, 2.45) is 0 Å². The Morgan fingerprint density at radius 3 is 1.75 bits per heavy atom. The molecule has 2 heterocycles. The third kappa shape index (κ3) is 4.60. The van der Waals surface area contributed by atoms with Gasteiger partial charge in [-0.05, 0) is 106 Å². The van der Waals surface area contributed by atoms with Crippen LogP contribution in [0.1, 0.15) is 86.5 Å². The number of nitrogens with zero attached hydrogens (tertiary/aromatic N) is 2. The maximum atomic E-state index is 5.24. The minimum Gasteiger partial charge on any atom is -0.226 e. The van der Waals surface area contributed by atoms with Crippen molar-refractivity contribution in [1.82, 2.24) is 9.97 Å². The molecular weight excluding hydrogens is 685 g/mol. The van der Waals surface area contributed by atoms with Crippen LogP contribution in [-0.4, -0.2) is 9.97 Å². The van der Waals surface area contributed by atoms with Gasteiger partial charge in [-0.15, -0.1) is 11.3 Å². The van der Waals surface area contributed by atoms with Crippen LogP contribution in [0.15, 0.2) is 133 Å². The quantitative estimate of drug-likeness (QED) is 0.181. The predicted octanol–water partition coefficient (Wildman–Crippen LogP) is 14.3. The van der Waals surface area contributed by atoms with E-state index in [1.165, 1.54) is 108 Å². The first kappa shape index (κ1) is 31.9. The molecule has 0 radical (unpaired) electrons. The molecule has 0 N–H and O–H groups in total. The first-order valence-electron chi connectivity index (χ1n) is 20.5. The van der Waals surface area contributed by atoms with E-state index in [9.17, 15) is 0 Å². The second-order valence-corrected chi connectivity index (χ2v) is 17.7. The largest absolute Gasteiger partial charge is 0.226 e. The summed E-state index contributed by atoms with van der Waals surface area (Å²) in [6, 6.07) is 50.4. The van der Waals surface area contributed by atoms with E-state index < -0.39 is 0 Å². The Bertz CT molecular complexity index is 2820. The molecule has 0 atom stereocenters. The summed E-state index contributed by atoms with van der Waals surface area (Å²) in [6.45, 7) is 0. The van der Waals surface area contributed by atoms with E-state index in [2.05, 4.69) is 127 Å². The van der Waals surface area contributed by atoms with Gasteiger partial charge in [0.2, 0.25) is 0 Å². The Balaban J connectivity index is 0.974. The zero-order chi connectivity index (χ0) is 36.1. The van der Waals surface area contributed by atoms with Gasteiger partial charge < -0.3 is 0 Å².